The zero-order valence-corrected chi connectivity index (χ0v) is 8.78. The van der Waals surface area contributed by atoms with Crippen LogP contribution in [0.1, 0.15) is 20.8 Å². The van der Waals surface area contributed by atoms with Gasteiger partial charge >= 0.3 is 0 Å². The zero-order chi connectivity index (χ0) is 9.28. The van der Waals surface area contributed by atoms with Gasteiger partial charge < -0.3 is 0 Å². The number of halogens is 2. The van der Waals surface area contributed by atoms with E-state index in [2.05, 4.69) is 22.5 Å². The van der Waals surface area contributed by atoms with Crippen LogP contribution in [-0.2, 0) is 0 Å². The fourth-order valence-electron chi connectivity index (χ4n) is 0.357. The van der Waals surface area contributed by atoms with Crippen molar-refractivity contribution in [2.45, 2.75) is 20.8 Å². The molecule has 0 N–H and O–H groups in total. The second-order valence-corrected chi connectivity index (χ2v) is 2.49. The summed E-state index contributed by atoms with van der Waals surface area (Å²) in [6.45, 7) is 9.20. The zero-order valence-electron chi connectivity index (χ0n) is 7.20. The van der Waals surface area contributed by atoms with Gasteiger partial charge in [-0.15, -0.1) is 0 Å². The molecule has 0 fully saturated rings. The van der Waals surface area contributed by atoms with E-state index in [1.807, 2.05) is 13.8 Å². The minimum atomic E-state index is -0.292. The molecular formula is C9H14BrF. The lowest BCUT2D eigenvalue weighted by atomic mass is 10.4. The van der Waals surface area contributed by atoms with Crippen molar-refractivity contribution in [2.24, 2.45) is 0 Å². The first-order valence-corrected chi connectivity index (χ1v) is 4.30. The number of allylic oxidation sites excluding steroid dienone is 5. The van der Waals surface area contributed by atoms with Gasteiger partial charge in [-0.2, -0.15) is 0 Å². The standard InChI is InChI=1S/C7H8BrF.C2H6/c1-3-4-7(9)5-6(2)8;1-2/h3-5H,2H2,1H3;1-2H3/b4-3-,7-5+;. The summed E-state index contributed by atoms with van der Waals surface area (Å²) in [6, 6.07) is 0. The molecule has 0 atom stereocenters. The normalized spacial score (nSPS) is 10.8. The van der Waals surface area contributed by atoms with Gasteiger partial charge in [0.1, 0.15) is 5.83 Å². The molecule has 64 valence electrons. The van der Waals surface area contributed by atoms with Crippen molar-refractivity contribution in [3.8, 4) is 0 Å². The Morgan fingerprint density at radius 2 is 1.91 bits per heavy atom. The van der Waals surface area contributed by atoms with Crippen molar-refractivity contribution in [3.05, 3.63) is 35.1 Å². The summed E-state index contributed by atoms with van der Waals surface area (Å²) in [5.41, 5.74) is 0. The average Bonchev–Trinajstić information content (AvgIpc) is 1.91. The van der Waals surface area contributed by atoms with Crippen LogP contribution in [-0.4, -0.2) is 0 Å². The van der Waals surface area contributed by atoms with E-state index < -0.39 is 0 Å². The average molecular weight is 221 g/mol. The molecule has 0 aromatic heterocycles. The predicted octanol–water partition coefficient (Wildman–Crippen LogP) is 4.35. The Kier molecular flexibility index (Phi) is 11.6. The molecule has 0 saturated heterocycles. The van der Waals surface area contributed by atoms with Gasteiger partial charge in [0, 0.05) is 4.48 Å². The summed E-state index contributed by atoms with van der Waals surface area (Å²) in [5, 5.41) is 0. The molecule has 0 unspecified atom stereocenters. The minimum absolute atomic E-state index is 0.292. The Balaban J connectivity index is 0. The third-order valence-corrected chi connectivity index (χ3v) is 0.849. The van der Waals surface area contributed by atoms with E-state index in [-0.39, 0.29) is 5.83 Å². The summed E-state index contributed by atoms with van der Waals surface area (Å²) < 4.78 is 12.9. The second kappa shape index (κ2) is 9.63. The molecule has 0 aliphatic rings. The van der Waals surface area contributed by atoms with Crippen molar-refractivity contribution in [3.63, 3.8) is 0 Å². The summed E-state index contributed by atoms with van der Waals surface area (Å²) >= 11 is 3.00. The number of hydrogen-bond donors (Lipinski definition) is 0. The molecule has 0 radical (unpaired) electrons. The van der Waals surface area contributed by atoms with Crippen LogP contribution in [0.15, 0.2) is 35.1 Å². The lowest BCUT2D eigenvalue weighted by Crippen LogP contribution is -1.63. The summed E-state index contributed by atoms with van der Waals surface area (Å²) in [7, 11) is 0. The van der Waals surface area contributed by atoms with Gasteiger partial charge in [-0.1, -0.05) is 42.4 Å². The van der Waals surface area contributed by atoms with Crippen molar-refractivity contribution in [2.75, 3.05) is 0 Å². The van der Waals surface area contributed by atoms with Gasteiger partial charge in [-0.05, 0) is 19.1 Å². The highest BCUT2D eigenvalue weighted by molar-refractivity contribution is 9.11. The second-order valence-electron chi connectivity index (χ2n) is 1.48. The molecule has 0 saturated carbocycles. The van der Waals surface area contributed by atoms with Crippen LogP contribution in [0, 0.1) is 0 Å². The molecular weight excluding hydrogens is 207 g/mol. The minimum Gasteiger partial charge on any atom is -0.207 e. The largest absolute Gasteiger partial charge is 0.207 e. The van der Waals surface area contributed by atoms with Crippen molar-refractivity contribution >= 4 is 15.9 Å². The van der Waals surface area contributed by atoms with Gasteiger partial charge in [0.15, 0.2) is 0 Å². The number of rotatable bonds is 2. The van der Waals surface area contributed by atoms with E-state index in [0.717, 1.165) is 0 Å². The van der Waals surface area contributed by atoms with E-state index in [4.69, 9.17) is 0 Å². The molecule has 0 heterocycles. The van der Waals surface area contributed by atoms with E-state index in [1.54, 1.807) is 13.0 Å². The van der Waals surface area contributed by atoms with Gasteiger partial charge in [-0.3, -0.25) is 0 Å². The first-order chi connectivity index (χ1) is 5.16. The first-order valence-electron chi connectivity index (χ1n) is 3.51. The third kappa shape index (κ3) is 12.8. The van der Waals surface area contributed by atoms with Gasteiger partial charge in [0.25, 0.3) is 0 Å². The molecule has 0 bridgehead atoms. The van der Waals surface area contributed by atoms with Crippen LogP contribution in [0.25, 0.3) is 0 Å². The van der Waals surface area contributed by atoms with Crippen LogP contribution < -0.4 is 0 Å². The van der Waals surface area contributed by atoms with Crippen molar-refractivity contribution < 1.29 is 4.39 Å². The van der Waals surface area contributed by atoms with Crippen LogP contribution in [0.4, 0.5) is 4.39 Å². The monoisotopic (exact) mass is 220 g/mol. The Hall–Kier alpha value is -0.370. The molecule has 0 nitrogen and oxygen atoms in total. The summed E-state index contributed by atoms with van der Waals surface area (Å²) in [4.78, 5) is 0. The predicted molar refractivity (Wildman–Crippen MR) is 53.4 cm³/mol. The molecule has 0 spiro atoms. The molecule has 0 aliphatic heterocycles. The maximum absolute atomic E-state index is 12.3. The van der Waals surface area contributed by atoms with Crippen LogP contribution in [0.2, 0.25) is 0 Å². The van der Waals surface area contributed by atoms with Crippen LogP contribution in [0.3, 0.4) is 0 Å². The molecule has 0 aromatic carbocycles. The SMILES string of the molecule is C=C(Br)/C=C(F)\C=C/C.CC. The smallest absolute Gasteiger partial charge is 0.123 e. The van der Waals surface area contributed by atoms with Crippen molar-refractivity contribution in [1.29, 1.82) is 0 Å². The van der Waals surface area contributed by atoms with Crippen molar-refractivity contribution in [1.82, 2.24) is 0 Å². The van der Waals surface area contributed by atoms with Gasteiger partial charge in [-0.25, -0.2) is 4.39 Å². The topological polar surface area (TPSA) is 0 Å². The summed E-state index contributed by atoms with van der Waals surface area (Å²) in [5.74, 6) is -0.292. The molecule has 0 aromatic rings. The molecule has 2 heteroatoms. The van der Waals surface area contributed by atoms with E-state index >= 15 is 0 Å². The highest BCUT2D eigenvalue weighted by Crippen LogP contribution is 2.08. The van der Waals surface area contributed by atoms with E-state index in [0.29, 0.717) is 4.48 Å². The Bertz CT molecular complexity index is 157. The summed E-state index contributed by atoms with van der Waals surface area (Å²) in [6.07, 6.45) is 4.30. The Morgan fingerprint density at radius 1 is 1.45 bits per heavy atom. The third-order valence-electron chi connectivity index (χ3n) is 0.620. The van der Waals surface area contributed by atoms with Gasteiger partial charge in [0.05, 0.1) is 0 Å². The molecule has 11 heavy (non-hydrogen) atoms. The maximum Gasteiger partial charge on any atom is 0.123 e. The molecule has 0 rings (SSSR count). The quantitative estimate of drug-likeness (QED) is 0.608. The lowest BCUT2D eigenvalue weighted by Gasteiger charge is -1.83. The maximum atomic E-state index is 12.3. The fraction of sp³-hybridized carbons (Fsp3) is 0.333. The van der Waals surface area contributed by atoms with Crippen LogP contribution in [0.5, 0.6) is 0 Å². The van der Waals surface area contributed by atoms with E-state index in [1.165, 1.54) is 12.2 Å². The lowest BCUT2D eigenvalue weighted by molar-refractivity contribution is 0.667. The van der Waals surface area contributed by atoms with E-state index in [9.17, 15) is 4.39 Å². The van der Waals surface area contributed by atoms with Gasteiger partial charge in [0.2, 0.25) is 0 Å². The van der Waals surface area contributed by atoms with Crippen LogP contribution >= 0.6 is 15.9 Å². The first kappa shape index (κ1) is 13.2. The molecule has 0 aliphatic carbocycles. The Morgan fingerprint density at radius 3 is 2.18 bits per heavy atom. The number of hydrogen-bond acceptors (Lipinski definition) is 0. The Labute approximate surface area is 76.6 Å². The highest BCUT2D eigenvalue weighted by Gasteiger charge is 1.84. The highest BCUT2D eigenvalue weighted by atomic mass is 79.9. The fourth-order valence-corrected chi connectivity index (χ4v) is 0.576. The molecule has 0 amide bonds.